The van der Waals surface area contributed by atoms with Crippen molar-refractivity contribution >= 4 is 6.09 Å². The van der Waals surface area contributed by atoms with E-state index in [2.05, 4.69) is 4.84 Å². The van der Waals surface area contributed by atoms with E-state index < -0.39 is 5.60 Å². The average Bonchev–Trinajstić information content (AvgIpc) is 2.10. The fourth-order valence-electron chi connectivity index (χ4n) is 0.946. The predicted octanol–water partition coefficient (Wildman–Crippen LogP) is 1.52. The quantitative estimate of drug-likeness (QED) is 0.727. The summed E-state index contributed by atoms with van der Waals surface area (Å²) < 4.78 is 5.22. The van der Waals surface area contributed by atoms with Crippen LogP contribution in [0.3, 0.4) is 0 Å². The van der Waals surface area contributed by atoms with Crippen LogP contribution in [0, 0.1) is 0 Å². The molecule has 0 aliphatic heterocycles. The highest BCUT2D eigenvalue weighted by atomic mass is 16.6. The SMILES string of the molecule is CC(CCON)N(C)C(=O)OC(C)(C)C. The molecule has 1 atom stereocenters. The minimum absolute atomic E-state index is 0.0448. The Hall–Kier alpha value is -0.810. The van der Waals surface area contributed by atoms with Gasteiger partial charge in [-0.1, -0.05) is 0 Å². The van der Waals surface area contributed by atoms with Crippen molar-refractivity contribution in [3.05, 3.63) is 0 Å². The maximum Gasteiger partial charge on any atom is 0.410 e. The Morgan fingerprint density at radius 2 is 2.00 bits per heavy atom. The Labute approximate surface area is 91.5 Å². The van der Waals surface area contributed by atoms with Crippen LogP contribution < -0.4 is 5.90 Å². The summed E-state index contributed by atoms with van der Waals surface area (Å²) in [5, 5.41) is 0. The van der Waals surface area contributed by atoms with Crippen molar-refractivity contribution in [2.24, 2.45) is 5.90 Å². The summed E-state index contributed by atoms with van der Waals surface area (Å²) in [7, 11) is 1.70. The van der Waals surface area contributed by atoms with E-state index in [4.69, 9.17) is 10.6 Å². The molecule has 0 aromatic rings. The van der Waals surface area contributed by atoms with Crippen LogP contribution >= 0.6 is 0 Å². The summed E-state index contributed by atoms with van der Waals surface area (Å²) in [5.74, 6) is 4.92. The summed E-state index contributed by atoms with van der Waals surface area (Å²) >= 11 is 0. The fraction of sp³-hybridized carbons (Fsp3) is 0.900. The second kappa shape index (κ2) is 5.92. The zero-order chi connectivity index (χ0) is 12.1. The minimum atomic E-state index is -0.463. The zero-order valence-corrected chi connectivity index (χ0v) is 10.2. The summed E-state index contributed by atoms with van der Waals surface area (Å²) in [6, 6.07) is 0.0448. The van der Waals surface area contributed by atoms with Crippen molar-refractivity contribution in [2.45, 2.75) is 45.8 Å². The maximum absolute atomic E-state index is 11.6. The van der Waals surface area contributed by atoms with Crippen LogP contribution in [0.5, 0.6) is 0 Å². The number of nitrogens with two attached hydrogens (primary N) is 1. The third-order valence-electron chi connectivity index (χ3n) is 2.00. The van der Waals surface area contributed by atoms with Gasteiger partial charge in [-0.2, -0.15) is 0 Å². The molecule has 90 valence electrons. The Kier molecular flexibility index (Phi) is 5.60. The summed E-state index contributed by atoms with van der Waals surface area (Å²) in [4.78, 5) is 17.6. The lowest BCUT2D eigenvalue weighted by atomic mass is 10.2. The van der Waals surface area contributed by atoms with Crippen molar-refractivity contribution in [2.75, 3.05) is 13.7 Å². The highest BCUT2D eigenvalue weighted by molar-refractivity contribution is 5.68. The second-order valence-electron chi connectivity index (χ2n) is 4.60. The highest BCUT2D eigenvalue weighted by Gasteiger charge is 2.22. The first-order valence-corrected chi connectivity index (χ1v) is 5.05. The lowest BCUT2D eigenvalue weighted by Gasteiger charge is -2.28. The monoisotopic (exact) mass is 218 g/mol. The Morgan fingerprint density at radius 3 is 2.40 bits per heavy atom. The zero-order valence-electron chi connectivity index (χ0n) is 10.2. The number of hydrogen-bond donors (Lipinski definition) is 1. The molecule has 0 heterocycles. The van der Waals surface area contributed by atoms with Crippen LogP contribution in [-0.2, 0) is 9.57 Å². The largest absolute Gasteiger partial charge is 0.444 e. The Balaban J connectivity index is 4.08. The van der Waals surface area contributed by atoms with Crippen molar-refractivity contribution in [3.8, 4) is 0 Å². The van der Waals surface area contributed by atoms with Gasteiger partial charge in [-0.15, -0.1) is 0 Å². The van der Waals surface area contributed by atoms with Crippen LogP contribution in [0.4, 0.5) is 4.79 Å². The number of carbonyl (C=O) groups excluding carboxylic acids is 1. The van der Waals surface area contributed by atoms with Gasteiger partial charge in [0.15, 0.2) is 0 Å². The van der Waals surface area contributed by atoms with E-state index in [0.717, 1.165) is 0 Å². The highest BCUT2D eigenvalue weighted by Crippen LogP contribution is 2.11. The van der Waals surface area contributed by atoms with Gasteiger partial charge in [-0.3, -0.25) is 0 Å². The standard InChI is InChI=1S/C10H22N2O3/c1-8(6-7-14-11)12(5)9(13)15-10(2,3)4/h8H,6-7,11H2,1-5H3. The van der Waals surface area contributed by atoms with Crippen molar-refractivity contribution in [3.63, 3.8) is 0 Å². The molecule has 0 rings (SSSR count). The number of ether oxygens (including phenoxy) is 1. The number of carbonyl (C=O) groups is 1. The van der Waals surface area contributed by atoms with Crippen LogP contribution in [0.25, 0.3) is 0 Å². The molecule has 0 fully saturated rings. The van der Waals surface area contributed by atoms with Crippen molar-refractivity contribution in [1.82, 2.24) is 4.90 Å². The van der Waals surface area contributed by atoms with E-state index in [1.807, 2.05) is 27.7 Å². The summed E-state index contributed by atoms with van der Waals surface area (Å²) in [6.45, 7) is 7.86. The number of rotatable bonds is 4. The van der Waals surface area contributed by atoms with Gasteiger partial charge in [0.05, 0.1) is 6.61 Å². The van der Waals surface area contributed by atoms with E-state index in [1.54, 1.807) is 11.9 Å². The molecular weight excluding hydrogens is 196 g/mol. The molecule has 0 bridgehead atoms. The molecule has 1 amide bonds. The van der Waals surface area contributed by atoms with E-state index in [9.17, 15) is 4.79 Å². The topological polar surface area (TPSA) is 64.8 Å². The summed E-state index contributed by atoms with van der Waals surface area (Å²) in [5.41, 5.74) is -0.463. The third kappa shape index (κ3) is 6.30. The maximum atomic E-state index is 11.6. The molecule has 0 aromatic carbocycles. The van der Waals surface area contributed by atoms with E-state index in [0.29, 0.717) is 13.0 Å². The molecule has 0 saturated heterocycles. The van der Waals surface area contributed by atoms with Crippen LogP contribution in [0.2, 0.25) is 0 Å². The number of hydrogen-bond acceptors (Lipinski definition) is 4. The van der Waals surface area contributed by atoms with Gasteiger partial charge in [0, 0.05) is 13.1 Å². The molecule has 0 radical (unpaired) electrons. The number of amides is 1. The molecule has 0 spiro atoms. The van der Waals surface area contributed by atoms with Gasteiger partial charge in [0.1, 0.15) is 5.60 Å². The smallest absolute Gasteiger partial charge is 0.410 e. The molecule has 15 heavy (non-hydrogen) atoms. The summed E-state index contributed by atoms with van der Waals surface area (Å²) in [6.07, 6.45) is 0.360. The first-order chi connectivity index (χ1) is 6.78. The predicted molar refractivity (Wildman–Crippen MR) is 58.2 cm³/mol. The van der Waals surface area contributed by atoms with Crippen LogP contribution in [0.15, 0.2) is 0 Å². The molecule has 0 aliphatic rings. The molecule has 0 aromatic heterocycles. The Morgan fingerprint density at radius 1 is 1.47 bits per heavy atom. The minimum Gasteiger partial charge on any atom is -0.444 e. The van der Waals surface area contributed by atoms with Crippen molar-refractivity contribution < 1.29 is 14.4 Å². The molecule has 1 unspecified atom stereocenters. The van der Waals surface area contributed by atoms with Crippen molar-refractivity contribution in [1.29, 1.82) is 0 Å². The van der Waals surface area contributed by atoms with Gasteiger partial charge in [0.25, 0.3) is 0 Å². The average molecular weight is 218 g/mol. The van der Waals surface area contributed by atoms with Gasteiger partial charge in [0.2, 0.25) is 0 Å². The molecular formula is C10H22N2O3. The number of nitrogens with zero attached hydrogens (tertiary/aromatic N) is 1. The van der Waals surface area contributed by atoms with E-state index >= 15 is 0 Å². The Bertz CT molecular complexity index is 201. The fourth-order valence-corrected chi connectivity index (χ4v) is 0.946. The van der Waals surface area contributed by atoms with Gasteiger partial charge in [-0.05, 0) is 34.1 Å². The third-order valence-corrected chi connectivity index (χ3v) is 2.00. The molecule has 5 nitrogen and oxygen atoms in total. The molecule has 0 aliphatic carbocycles. The van der Waals surface area contributed by atoms with Crippen LogP contribution in [0.1, 0.15) is 34.1 Å². The first-order valence-electron chi connectivity index (χ1n) is 5.05. The van der Waals surface area contributed by atoms with Gasteiger partial charge in [-0.25, -0.2) is 10.7 Å². The van der Waals surface area contributed by atoms with Gasteiger partial charge < -0.3 is 14.5 Å². The normalized spacial score (nSPS) is 13.5. The molecule has 0 saturated carbocycles. The van der Waals surface area contributed by atoms with Crippen LogP contribution in [-0.4, -0.2) is 36.3 Å². The first kappa shape index (κ1) is 14.2. The molecule has 5 heteroatoms. The van der Waals surface area contributed by atoms with Gasteiger partial charge >= 0.3 is 6.09 Å². The van der Waals surface area contributed by atoms with E-state index in [-0.39, 0.29) is 12.1 Å². The second-order valence-corrected chi connectivity index (χ2v) is 4.60. The lowest BCUT2D eigenvalue weighted by Crippen LogP contribution is -2.40. The molecule has 2 N–H and O–H groups in total. The lowest BCUT2D eigenvalue weighted by molar-refractivity contribution is 0.0198. The van der Waals surface area contributed by atoms with E-state index in [1.165, 1.54) is 0 Å².